The number of fused-ring (bicyclic) bond motifs is 1. The second-order valence-electron chi connectivity index (χ2n) is 6.16. The van der Waals surface area contributed by atoms with Gasteiger partial charge < -0.3 is 0 Å². The zero-order valence-electron chi connectivity index (χ0n) is 15.2. The Morgan fingerprint density at radius 1 is 0.821 bits per heavy atom. The highest BCUT2D eigenvalue weighted by atomic mass is 32.2. The van der Waals surface area contributed by atoms with Crippen LogP contribution in [0, 0.1) is 0 Å². The Balaban J connectivity index is 1.50. The number of hydrazine groups is 1. The summed E-state index contributed by atoms with van der Waals surface area (Å²) >= 11 is 1.49. The summed E-state index contributed by atoms with van der Waals surface area (Å²) in [6, 6.07) is 29.6. The molecule has 0 aliphatic heterocycles. The Hall–Kier alpha value is -3.31. The Kier molecular flexibility index (Phi) is 5.54. The highest BCUT2D eigenvalue weighted by Gasteiger charge is 2.13. The van der Waals surface area contributed by atoms with Crippen molar-refractivity contribution < 1.29 is 4.79 Å². The normalized spacial score (nSPS) is 10.6. The highest BCUT2D eigenvalue weighted by molar-refractivity contribution is 8.00. The molecule has 0 saturated heterocycles. The predicted molar refractivity (Wildman–Crippen MR) is 116 cm³/mol. The number of hydrogen-bond acceptors (Lipinski definition) is 4. The van der Waals surface area contributed by atoms with Crippen molar-refractivity contribution >= 4 is 39.9 Å². The van der Waals surface area contributed by atoms with Crippen LogP contribution in [-0.4, -0.2) is 16.6 Å². The van der Waals surface area contributed by atoms with E-state index < -0.39 is 0 Å². The number of benzene rings is 3. The lowest BCUT2D eigenvalue weighted by atomic mass is 10.2. The SMILES string of the molecule is O=C(CSc1cccc2cccnc12)NN(c1ccccc1)c1ccccc1. The summed E-state index contributed by atoms with van der Waals surface area (Å²) in [7, 11) is 0. The number of nitrogens with one attached hydrogen (secondary N) is 1. The number of nitrogens with zero attached hydrogens (tertiary/aromatic N) is 2. The molecule has 0 aliphatic carbocycles. The zero-order valence-corrected chi connectivity index (χ0v) is 16.0. The molecule has 0 aliphatic rings. The second-order valence-corrected chi connectivity index (χ2v) is 7.18. The van der Waals surface area contributed by atoms with Gasteiger partial charge in [-0.2, -0.15) is 0 Å². The third-order valence-corrected chi connectivity index (χ3v) is 5.27. The van der Waals surface area contributed by atoms with Crippen LogP contribution >= 0.6 is 11.8 Å². The summed E-state index contributed by atoms with van der Waals surface area (Å²) in [5.41, 5.74) is 5.75. The maximum atomic E-state index is 12.7. The molecule has 28 heavy (non-hydrogen) atoms. The molecule has 0 bridgehead atoms. The molecule has 1 heterocycles. The Morgan fingerprint density at radius 2 is 1.46 bits per heavy atom. The number of anilines is 2. The first-order valence-electron chi connectivity index (χ1n) is 8.97. The summed E-state index contributed by atoms with van der Waals surface area (Å²) in [6.07, 6.45) is 1.78. The molecule has 4 nitrogen and oxygen atoms in total. The molecule has 0 radical (unpaired) electrons. The third-order valence-electron chi connectivity index (χ3n) is 4.22. The van der Waals surface area contributed by atoms with Gasteiger partial charge in [-0.1, -0.05) is 54.6 Å². The van der Waals surface area contributed by atoms with E-state index in [1.165, 1.54) is 11.8 Å². The molecule has 4 rings (SSSR count). The fourth-order valence-corrected chi connectivity index (χ4v) is 3.76. The van der Waals surface area contributed by atoms with Crippen LogP contribution in [0.5, 0.6) is 0 Å². The van der Waals surface area contributed by atoms with E-state index in [9.17, 15) is 4.79 Å². The molecule has 138 valence electrons. The highest BCUT2D eigenvalue weighted by Crippen LogP contribution is 2.27. The van der Waals surface area contributed by atoms with Gasteiger partial charge >= 0.3 is 0 Å². The molecule has 5 heteroatoms. The van der Waals surface area contributed by atoms with Gasteiger partial charge in [0, 0.05) is 16.5 Å². The van der Waals surface area contributed by atoms with Crippen molar-refractivity contribution in [2.24, 2.45) is 0 Å². The van der Waals surface area contributed by atoms with Gasteiger partial charge in [-0.05, 0) is 36.4 Å². The Morgan fingerprint density at radius 3 is 2.14 bits per heavy atom. The standard InChI is InChI=1S/C23H19N3OS/c27-22(17-28-21-15-7-9-18-10-8-16-24-23(18)21)25-26(19-11-3-1-4-12-19)20-13-5-2-6-14-20/h1-16H,17H2,(H,25,27). The van der Waals surface area contributed by atoms with Crippen molar-refractivity contribution in [1.82, 2.24) is 10.4 Å². The predicted octanol–water partition coefficient (Wildman–Crippen LogP) is 5.20. The summed E-state index contributed by atoms with van der Waals surface area (Å²) in [5, 5.41) is 2.88. The molecule has 3 aromatic carbocycles. The topological polar surface area (TPSA) is 45.2 Å². The molecule has 0 spiro atoms. The van der Waals surface area contributed by atoms with Crippen LogP contribution in [-0.2, 0) is 4.79 Å². The van der Waals surface area contributed by atoms with E-state index in [1.807, 2.05) is 96.0 Å². The average Bonchev–Trinajstić information content (AvgIpc) is 2.77. The number of pyridine rings is 1. The van der Waals surface area contributed by atoms with E-state index in [1.54, 1.807) is 6.20 Å². The number of thioether (sulfide) groups is 1. The molecule has 4 aromatic rings. The quantitative estimate of drug-likeness (QED) is 0.366. The minimum Gasteiger partial charge on any atom is -0.272 e. The van der Waals surface area contributed by atoms with Gasteiger partial charge in [0.15, 0.2) is 0 Å². The van der Waals surface area contributed by atoms with Crippen LogP contribution in [0.25, 0.3) is 10.9 Å². The van der Waals surface area contributed by atoms with Crippen LogP contribution in [0.2, 0.25) is 0 Å². The lowest BCUT2D eigenvalue weighted by molar-refractivity contribution is -0.118. The van der Waals surface area contributed by atoms with Crippen LogP contribution < -0.4 is 10.4 Å². The number of carbonyl (C=O) groups excluding carboxylic acids is 1. The maximum Gasteiger partial charge on any atom is 0.249 e. The van der Waals surface area contributed by atoms with Gasteiger partial charge in [0.25, 0.3) is 0 Å². The zero-order chi connectivity index (χ0) is 19.2. The van der Waals surface area contributed by atoms with Gasteiger partial charge in [-0.3, -0.25) is 20.2 Å². The number of carbonyl (C=O) groups is 1. The molecular weight excluding hydrogens is 366 g/mol. The fourth-order valence-electron chi connectivity index (χ4n) is 2.93. The van der Waals surface area contributed by atoms with Crippen molar-refractivity contribution in [2.45, 2.75) is 4.90 Å². The van der Waals surface area contributed by atoms with Gasteiger partial charge in [0.2, 0.25) is 5.91 Å². The average molecular weight is 385 g/mol. The maximum absolute atomic E-state index is 12.7. The molecule has 0 fully saturated rings. The summed E-state index contributed by atoms with van der Waals surface area (Å²) in [4.78, 5) is 18.2. The number of amides is 1. The minimum atomic E-state index is -0.0781. The third kappa shape index (κ3) is 4.15. The van der Waals surface area contributed by atoms with E-state index in [4.69, 9.17) is 0 Å². The van der Waals surface area contributed by atoms with Gasteiger partial charge in [-0.15, -0.1) is 11.8 Å². The first-order chi connectivity index (χ1) is 13.8. The molecule has 1 aromatic heterocycles. The van der Waals surface area contributed by atoms with E-state index in [2.05, 4.69) is 10.4 Å². The first kappa shape index (κ1) is 18.1. The van der Waals surface area contributed by atoms with Crippen molar-refractivity contribution in [3.05, 3.63) is 97.2 Å². The van der Waals surface area contributed by atoms with Crippen LogP contribution in [0.1, 0.15) is 0 Å². The van der Waals surface area contributed by atoms with Crippen LogP contribution in [0.15, 0.2) is 102 Å². The lowest BCUT2D eigenvalue weighted by Gasteiger charge is -2.25. The number of para-hydroxylation sites is 3. The van der Waals surface area contributed by atoms with Crippen molar-refractivity contribution in [3.63, 3.8) is 0 Å². The van der Waals surface area contributed by atoms with Gasteiger partial charge in [-0.25, -0.2) is 0 Å². The van der Waals surface area contributed by atoms with E-state index in [-0.39, 0.29) is 5.91 Å². The van der Waals surface area contributed by atoms with E-state index in [0.717, 1.165) is 27.2 Å². The van der Waals surface area contributed by atoms with Crippen molar-refractivity contribution in [1.29, 1.82) is 0 Å². The molecular formula is C23H19N3OS. The molecule has 0 saturated carbocycles. The van der Waals surface area contributed by atoms with Crippen molar-refractivity contribution in [2.75, 3.05) is 10.8 Å². The Labute approximate surface area is 168 Å². The summed E-state index contributed by atoms with van der Waals surface area (Å²) in [6.45, 7) is 0. The molecule has 0 atom stereocenters. The molecule has 0 unspecified atom stereocenters. The first-order valence-corrected chi connectivity index (χ1v) is 9.96. The summed E-state index contributed by atoms with van der Waals surface area (Å²) < 4.78 is 0. The van der Waals surface area contributed by atoms with E-state index in [0.29, 0.717) is 5.75 Å². The van der Waals surface area contributed by atoms with Crippen LogP contribution in [0.4, 0.5) is 11.4 Å². The second kappa shape index (κ2) is 8.59. The molecule has 1 N–H and O–H groups in total. The number of hydrogen-bond donors (Lipinski definition) is 1. The monoisotopic (exact) mass is 385 g/mol. The minimum absolute atomic E-state index is 0.0781. The Bertz CT molecular complexity index is 1030. The number of rotatable bonds is 6. The lowest BCUT2D eigenvalue weighted by Crippen LogP contribution is -2.39. The number of aromatic nitrogens is 1. The molecule has 1 amide bonds. The van der Waals surface area contributed by atoms with Gasteiger partial charge in [0.05, 0.1) is 22.6 Å². The fraction of sp³-hybridized carbons (Fsp3) is 0.0435. The van der Waals surface area contributed by atoms with Crippen LogP contribution in [0.3, 0.4) is 0 Å². The summed E-state index contributed by atoms with van der Waals surface area (Å²) in [5.74, 6) is 0.219. The van der Waals surface area contributed by atoms with Crippen molar-refractivity contribution in [3.8, 4) is 0 Å². The van der Waals surface area contributed by atoms with Gasteiger partial charge in [0.1, 0.15) is 0 Å². The largest absolute Gasteiger partial charge is 0.272 e. The smallest absolute Gasteiger partial charge is 0.249 e. The van der Waals surface area contributed by atoms with E-state index >= 15 is 0 Å².